The summed E-state index contributed by atoms with van der Waals surface area (Å²) in [5.74, 6) is -0.839. The number of esters is 2. The summed E-state index contributed by atoms with van der Waals surface area (Å²) in [5.41, 5.74) is 0.358. The fourth-order valence-corrected chi connectivity index (χ4v) is 3.75. The molecule has 1 heterocycles. The minimum absolute atomic E-state index is 0.00138. The molecule has 1 fully saturated rings. The second kappa shape index (κ2) is 8.89. The maximum Gasteiger partial charge on any atom is 0.306 e. The Labute approximate surface area is 153 Å². The van der Waals surface area contributed by atoms with Crippen molar-refractivity contribution < 1.29 is 19.1 Å². The van der Waals surface area contributed by atoms with Crippen molar-refractivity contribution >= 4 is 29.1 Å². The molecule has 1 aromatic rings. The van der Waals surface area contributed by atoms with E-state index in [9.17, 15) is 9.59 Å². The van der Waals surface area contributed by atoms with Crippen LogP contribution in [0, 0.1) is 0 Å². The molecule has 0 bridgehead atoms. The molecule has 1 saturated carbocycles. The summed E-state index contributed by atoms with van der Waals surface area (Å²) in [6.07, 6.45) is 6.58. The van der Waals surface area contributed by atoms with E-state index in [0.717, 1.165) is 31.2 Å². The maximum atomic E-state index is 12.3. The minimum Gasteiger partial charge on any atom is -0.469 e. The van der Waals surface area contributed by atoms with E-state index in [1.54, 1.807) is 19.4 Å². The highest BCUT2D eigenvalue weighted by molar-refractivity contribution is 7.80. The predicted octanol–water partition coefficient (Wildman–Crippen LogP) is 2.31. The number of ether oxygens (including phenoxy) is 2. The average molecular weight is 364 g/mol. The van der Waals surface area contributed by atoms with Crippen LogP contribution in [0.1, 0.15) is 44.1 Å². The number of hydrogen-bond donors (Lipinski definition) is 1. The van der Waals surface area contributed by atoms with E-state index in [2.05, 4.69) is 15.0 Å². The number of nitrogens with zero attached hydrogens (tertiary/aromatic N) is 1. The van der Waals surface area contributed by atoms with E-state index in [1.165, 1.54) is 7.11 Å². The maximum absolute atomic E-state index is 12.3. The number of rotatable bonds is 6. The van der Waals surface area contributed by atoms with Gasteiger partial charge in [-0.2, -0.15) is 0 Å². The topological polar surface area (TPSA) is 77.5 Å². The fourth-order valence-electron chi connectivity index (χ4n) is 3.40. The summed E-state index contributed by atoms with van der Waals surface area (Å²) >= 11 is 5.62. The van der Waals surface area contributed by atoms with Crippen LogP contribution < -0.4 is 5.32 Å². The van der Waals surface area contributed by atoms with E-state index in [-0.39, 0.29) is 18.9 Å². The molecular formula is C18H24N2O4S. The fraction of sp³-hybridized carbons (Fsp3) is 0.556. The number of likely N-dealkylation sites (N-methyl/N-ethyl adjacent to an activating group) is 1. The second-order valence-electron chi connectivity index (χ2n) is 6.09. The second-order valence-corrected chi connectivity index (χ2v) is 6.50. The summed E-state index contributed by atoms with van der Waals surface area (Å²) in [5, 5.41) is 3.07. The highest BCUT2D eigenvalue weighted by Crippen LogP contribution is 2.42. The Balaban J connectivity index is 2.25. The molecule has 25 heavy (non-hydrogen) atoms. The number of pyridine rings is 1. The zero-order valence-electron chi connectivity index (χ0n) is 14.6. The highest BCUT2D eigenvalue weighted by Gasteiger charge is 2.48. The first-order chi connectivity index (χ1) is 12.0. The van der Waals surface area contributed by atoms with Crippen molar-refractivity contribution in [3.05, 3.63) is 30.1 Å². The number of nitrogens with one attached hydrogen (secondary N) is 1. The van der Waals surface area contributed by atoms with Gasteiger partial charge in [-0.25, -0.2) is 0 Å². The number of methoxy groups -OCH3 is 1. The highest BCUT2D eigenvalue weighted by atomic mass is 32.1. The lowest BCUT2D eigenvalue weighted by Gasteiger charge is -2.43. The molecule has 1 aliphatic carbocycles. The minimum atomic E-state index is -0.586. The quantitative estimate of drug-likeness (QED) is 0.613. The molecule has 2 unspecified atom stereocenters. The van der Waals surface area contributed by atoms with Gasteiger partial charge in [-0.1, -0.05) is 24.7 Å². The lowest BCUT2D eigenvalue weighted by molar-refractivity contribution is -0.156. The van der Waals surface area contributed by atoms with E-state index in [1.807, 2.05) is 12.1 Å². The molecule has 2 atom stereocenters. The first-order valence-electron chi connectivity index (χ1n) is 8.43. The molecule has 0 radical (unpaired) electrons. The molecule has 0 aliphatic heterocycles. The number of carbonyl (C=O) groups is 2. The summed E-state index contributed by atoms with van der Waals surface area (Å²) in [6.45, 7) is 0. The van der Waals surface area contributed by atoms with Gasteiger partial charge in [-0.3, -0.25) is 14.6 Å². The van der Waals surface area contributed by atoms with E-state index in [0.29, 0.717) is 4.99 Å². The standard InChI is InChI=1S/C18H24N2O4S/c1-19-17(25)18(13-6-5-11-20-12-13)10-4-3-7-14(18)24-16(22)9-8-15(21)23-2/h5-6,11-12,14H,3-4,7-10H2,1-2H3,(H,19,25). The van der Waals surface area contributed by atoms with Gasteiger partial charge in [0.15, 0.2) is 0 Å². The molecule has 136 valence electrons. The molecule has 1 aromatic heterocycles. The number of thiocarbonyl (C=S) groups is 1. The molecule has 1 N–H and O–H groups in total. The van der Waals surface area contributed by atoms with Gasteiger partial charge >= 0.3 is 11.9 Å². The Morgan fingerprint density at radius 2 is 2.12 bits per heavy atom. The van der Waals surface area contributed by atoms with Crippen molar-refractivity contribution in [2.24, 2.45) is 0 Å². The third-order valence-corrected chi connectivity index (χ3v) is 5.25. The first-order valence-corrected chi connectivity index (χ1v) is 8.84. The van der Waals surface area contributed by atoms with E-state index < -0.39 is 17.4 Å². The molecular weight excluding hydrogens is 340 g/mol. The molecule has 6 nitrogen and oxygen atoms in total. The monoisotopic (exact) mass is 364 g/mol. The number of hydrogen-bond acceptors (Lipinski definition) is 6. The third-order valence-electron chi connectivity index (χ3n) is 4.68. The molecule has 1 aliphatic rings. The lowest BCUT2D eigenvalue weighted by Crippen LogP contribution is -2.53. The Morgan fingerprint density at radius 3 is 2.76 bits per heavy atom. The largest absolute Gasteiger partial charge is 0.469 e. The van der Waals surface area contributed by atoms with Crippen LogP contribution in [-0.2, 0) is 24.5 Å². The van der Waals surface area contributed by atoms with Gasteiger partial charge in [-0.15, -0.1) is 0 Å². The Hall–Kier alpha value is -2.02. The van der Waals surface area contributed by atoms with Gasteiger partial charge in [0, 0.05) is 19.4 Å². The van der Waals surface area contributed by atoms with Gasteiger partial charge in [0.2, 0.25) is 0 Å². The molecule has 0 saturated heterocycles. The van der Waals surface area contributed by atoms with Gasteiger partial charge < -0.3 is 14.8 Å². The predicted molar refractivity (Wildman–Crippen MR) is 97.2 cm³/mol. The molecule has 0 aromatic carbocycles. The summed E-state index contributed by atoms with van der Waals surface area (Å²) in [6, 6.07) is 3.83. The van der Waals surface area contributed by atoms with Crippen LogP contribution >= 0.6 is 12.2 Å². The van der Waals surface area contributed by atoms with Crippen LogP contribution in [0.5, 0.6) is 0 Å². The van der Waals surface area contributed by atoms with Crippen molar-refractivity contribution in [2.75, 3.05) is 14.2 Å². The van der Waals surface area contributed by atoms with Crippen LogP contribution in [0.15, 0.2) is 24.5 Å². The smallest absolute Gasteiger partial charge is 0.306 e. The number of aromatic nitrogens is 1. The lowest BCUT2D eigenvalue weighted by atomic mass is 9.67. The van der Waals surface area contributed by atoms with Crippen molar-refractivity contribution in [1.82, 2.24) is 10.3 Å². The van der Waals surface area contributed by atoms with Crippen LogP contribution in [0.25, 0.3) is 0 Å². The van der Waals surface area contributed by atoms with Crippen LogP contribution in [0.4, 0.5) is 0 Å². The first kappa shape index (κ1) is 19.3. The number of carbonyl (C=O) groups excluding carboxylic acids is 2. The molecule has 0 spiro atoms. The zero-order valence-corrected chi connectivity index (χ0v) is 15.4. The average Bonchev–Trinajstić information content (AvgIpc) is 2.66. The SMILES string of the molecule is CNC(=S)C1(c2cccnc2)CCCCC1OC(=O)CCC(=O)OC. The van der Waals surface area contributed by atoms with Crippen LogP contribution in [0.2, 0.25) is 0 Å². The van der Waals surface area contributed by atoms with Crippen molar-refractivity contribution in [2.45, 2.75) is 50.0 Å². The third kappa shape index (κ3) is 4.34. The summed E-state index contributed by atoms with van der Waals surface area (Å²) in [7, 11) is 3.08. The summed E-state index contributed by atoms with van der Waals surface area (Å²) < 4.78 is 10.3. The Morgan fingerprint density at radius 1 is 1.36 bits per heavy atom. The van der Waals surface area contributed by atoms with Gasteiger partial charge in [-0.05, 0) is 30.9 Å². The van der Waals surface area contributed by atoms with Crippen molar-refractivity contribution in [3.63, 3.8) is 0 Å². The van der Waals surface area contributed by atoms with Crippen molar-refractivity contribution in [3.8, 4) is 0 Å². The van der Waals surface area contributed by atoms with E-state index in [4.69, 9.17) is 17.0 Å². The molecule has 0 amide bonds. The van der Waals surface area contributed by atoms with Crippen LogP contribution in [-0.4, -0.2) is 42.2 Å². The van der Waals surface area contributed by atoms with Crippen molar-refractivity contribution in [1.29, 1.82) is 0 Å². The van der Waals surface area contributed by atoms with Crippen LogP contribution in [0.3, 0.4) is 0 Å². The Bertz CT molecular complexity index is 623. The summed E-state index contributed by atoms with van der Waals surface area (Å²) in [4.78, 5) is 28.4. The molecule has 2 rings (SSSR count). The van der Waals surface area contributed by atoms with E-state index >= 15 is 0 Å². The van der Waals surface area contributed by atoms with Gasteiger partial charge in [0.1, 0.15) is 6.10 Å². The molecule has 7 heteroatoms. The van der Waals surface area contributed by atoms with Gasteiger partial charge in [0.25, 0.3) is 0 Å². The normalized spacial score (nSPS) is 22.7. The Kier molecular flexibility index (Phi) is 6.87. The zero-order chi connectivity index (χ0) is 18.3. The van der Waals surface area contributed by atoms with Gasteiger partial charge in [0.05, 0.1) is 30.4 Å².